The van der Waals surface area contributed by atoms with E-state index in [2.05, 4.69) is 38.8 Å². The fourth-order valence-electron chi connectivity index (χ4n) is 3.28. The van der Waals surface area contributed by atoms with Crippen molar-refractivity contribution in [3.05, 3.63) is 50.4 Å². The summed E-state index contributed by atoms with van der Waals surface area (Å²) in [5, 5.41) is 0. The molecular weight excluding hydrogens is 444 g/mol. The summed E-state index contributed by atoms with van der Waals surface area (Å²) in [7, 11) is 0. The fourth-order valence-corrected chi connectivity index (χ4v) is 4.08. The number of carbonyl (C=O) groups excluding carboxylic acids is 1. The molecule has 0 atom stereocenters. The molecule has 0 spiro atoms. The largest absolute Gasteiger partial charge is 0.493 e. The Kier molecular flexibility index (Phi) is 6.34. The molecule has 4 heteroatoms. The third kappa shape index (κ3) is 4.17. The first kappa shape index (κ1) is 18.7. The number of rotatable bonds is 8. The number of halogens is 2. The number of hydrogen-bond donors (Lipinski definition) is 0. The van der Waals surface area contributed by atoms with Crippen LogP contribution in [0.1, 0.15) is 61.4 Å². The second-order valence-corrected chi connectivity index (χ2v) is 8.29. The molecule has 132 valence electrons. The Bertz CT molecular complexity index is 784. The van der Waals surface area contributed by atoms with Crippen LogP contribution in [0.3, 0.4) is 0 Å². The van der Waals surface area contributed by atoms with Gasteiger partial charge in [0.2, 0.25) is 0 Å². The van der Waals surface area contributed by atoms with Crippen LogP contribution in [-0.2, 0) is 0 Å². The minimum atomic E-state index is 0.0667. The van der Waals surface area contributed by atoms with Gasteiger partial charge in [-0.1, -0.05) is 77.0 Å². The van der Waals surface area contributed by atoms with E-state index in [1.165, 1.54) is 32.1 Å². The van der Waals surface area contributed by atoms with Crippen LogP contribution < -0.4 is 4.74 Å². The maximum Gasteiger partial charge on any atom is 0.194 e. The van der Waals surface area contributed by atoms with E-state index in [1.54, 1.807) is 0 Å². The van der Waals surface area contributed by atoms with Crippen LogP contribution in [0.4, 0.5) is 0 Å². The van der Waals surface area contributed by atoms with Crippen LogP contribution in [0.5, 0.6) is 5.75 Å². The second-order valence-electron chi connectivity index (χ2n) is 6.46. The number of fused-ring (bicyclic) bond motifs is 3. The van der Waals surface area contributed by atoms with E-state index in [4.69, 9.17) is 4.74 Å². The Labute approximate surface area is 166 Å². The van der Waals surface area contributed by atoms with Crippen molar-refractivity contribution >= 4 is 37.6 Å². The van der Waals surface area contributed by atoms with Crippen molar-refractivity contribution < 1.29 is 9.53 Å². The van der Waals surface area contributed by atoms with Crippen LogP contribution in [-0.4, -0.2) is 12.4 Å². The highest BCUT2D eigenvalue weighted by atomic mass is 79.9. The molecule has 2 aromatic carbocycles. The topological polar surface area (TPSA) is 26.3 Å². The average Bonchev–Trinajstić information content (AvgIpc) is 2.86. The molecule has 0 aromatic heterocycles. The Hall–Kier alpha value is -1.13. The van der Waals surface area contributed by atoms with E-state index in [9.17, 15) is 4.79 Å². The fraction of sp³-hybridized carbons (Fsp3) is 0.381. The standard InChI is InChI=1S/C21H22Br2O2/c1-2-3-4-5-6-7-10-25-19-13-15(23)12-18-20(19)16-9-8-14(22)11-17(16)21(18)24/h8-9,11-13H,2-7,10H2,1H3. The summed E-state index contributed by atoms with van der Waals surface area (Å²) in [5.74, 6) is 0.865. The first-order chi connectivity index (χ1) is 12.1. The van der Waals surface area contributed by atoms with E-state index in [0.717, 1.165) is 43.4 Å². The van der Waals surface area contributed by atoms with Crippen LogP contribution in [0.25, 0.3) is 11.1 Å². The molecule has 1 aliphatic carbocycles. The SMILES string of the molecule is CCCCCCCCOc1cc(Br)cc2c1-c1ccc(Br)cc1C2=O. The average molecular weight is 466 g/mol. The molecule has 3 rings (SSSR count). The molecule has 0 fully saturated rings. The van der Waals surface area contributed by atoms with Gasteiger partial charge in [0.15, 0.2) is 5.78 Å². The molecule has 0 heterocycles. The van der Waals surface area contributed by atoms with Gasteiger partial charge in [-0.25, -0.2) is 0 Å². The highest BCUT2D eigenvalue weighted by molar-refractivity contribution is 9.10. The van der Waals surface area contributed by atoms with Crippen LogP contribution in [0.2, 0.25) is 0 Å². The van der Waals surface area contributed by atoms with E-state index in [1.807, 2.05) is 30.3 Å². The lowest BCUT2D eigenvalue weighted by Gasteiger charge is -2.12. The molecule has 0 amide bonds. The zero-order valence-corrected chi connectivity index (χ0v) is 17.6. The van der Waals surface area contributed by atoms with Gasteiger partial charge in [0.25, 0.3) is 0 Å². The maximum atomic E-state index is 12.7. The van der Waals surface area contributed by atoms with Gasteiger partial charge in [0.05, 0.1) is 6.61 Å². The summed E-state index contributed by atoms with van der Waals surface area (Å²) in [5.41, 5.74) is 3.36. The smallest absolute Gasteiger partial charge is 0.194 e. The zero-order valence-electron chi connectivity index (χ0n) is 14.4. The zero-order chi connectivity index (χ0) is 17.8. The minimum absolute atomic E-state index is 0.0667. The lowest BCUT2D eigenvalue weighted by Crippen LogP contribution is -2.00. The maximum absolute atomic E-state index is 12.7. The number of hydrogen-bond acceptors (Lipinski definition) is 2. The molecule has 25 heavy (non-hydrogen) atoms. The molecule has 1 aliphatic rings. The summed E-state index contributed by atoms with van der Waals surface area (Å²) in [4.78, 5) is 12.7. The van der Waals surface area contributed by atoms with Crippen LogP contribution in [0, 0.1) is 0 Å². The van der Waals surface area contributed by atoms with Gasteiger partial charge in [-0.3, -0.25) is 4.79 Å². The normalized spacial score (nSPS) is 12.2. The van der Waals surface area contributed by atoms with Crippen molar-refractivity contribution in [2.24, 2.45) is 0 Å². The van der Waals surface area contributed by atoms with Crippen LogP contribution >= 0.6 is 31.9 Å². The number of ketones is 1. The molecule has 0 saturated carbocycles. The van der Waals surface area contributed by atoms with E-state index in [-0.39, 0.29) is 5.78 Å². The Morgan fingerprint density at radius 1 is 0.840 bits per heavy atom. The van der Waals surface area contributed by atoms with Crippen molar-refractivity contribution in [3.8, 4) is 16.9 Å². The van der Waals surface area contributed by atoms with Crippen LogP contribution in [0.15, 0.2) is 39.3 Å². The minimum Gasteiger partial charge on any atom is -0.493 e. The molecule has 0 unspecified atom stereocenters. The highest BCUT2D eigenvalue weighted by Gasteiger charge is 2.30. The third-order valence-corrected chi connectivity index (χ3v) is 5.51. The predicted octanol–water partition coefficient (Wildman–Crippen LogP) is 7.16. The molecule has 0 radical (unpaired) electrons. The second kappa shape index (κ2) is 8.50. The van der Waals surface area contributed by atoms with Gasteiger partial charge in [0, 0.05) is 25.6 Å². The number of ether oxygens (including phenoxy) is 1. The summed E-state index contributed by atoms with van der Waals surface area (Å²) in [6.45, 7) is 2.92. The quantitative estimate of drug-likeness (QED) is 0.330. The molecule has 0 N–H and O–H groups in total. The number of unbranched alkanes of at least 4 members (excludes halogenated alkanes) is 5. The van der Waals surface area contributed by atoms with Crippen molar-refractivity contribution in [3.63, 3.8) is 0 Å². The Morgan fingerprint density at radius 2 is 1.56 bits per heavy atom. The van der Waals surface area contributed by atoms with Gasteiger partial charge in [-0.05, 0) is 36.2 Å². The van der Waals surface area contributed by atoms with Crippen molar-refractivity contribution in [2.75, 3.05) is 6.61 Å². The Balaban J connectivity index is 1.75. The van der Waals surface area contributed by atoms with Gasteiger partial charge < -0.3 is 4.74 Å². The summed E-state index contributed by atoms with van der Waals surface area (Å²) >= 11 is 6.97. The third-order valence-electron chi connectivity index (χ3n) is 4.56. The molecule has 2 aromatic rings. The first-order valence-corrected chi connectivity index (χ1v) is 10.5. The lowest BCUT2D eigenvalue weighted by molar-refractivity contribution is 0.104. The summed E-state index contributed by atoms with van der Waals surface area (Å²) in [6.07, 6.45) is 7.39. The lowest BCUT2D eigenvalue weighted by atomic mass is 10.0. The summed E-state index contributed by atoms with van der Waals surface area (Å²) in [6, 6.07) is 9.72. The van der Waals surface area contributed by atoms with E-state index in [0.29, 0.717) is 6.61 Å². The summed E-state index contributed by atoms with van der Waals surface area (Å²) < 4.78 is 7.87. The molecule has 2 nitrogen and oxygen atoms in total. The number of carbonyl (C=O) groups is 1. The van der Waals surface area contributed by atoms with Crippen molar-refractivity contribution in [2.45, 2.75) is 45.4 Å². The molecular formula is C21H22Br2O2. The van der Waals surface area contributed by atoms with E-state index >= 15 is 0 Å². The Morgan fingerprint density at radius 3 is 2.36 bits per heavy atom. The molecule has 0 bridgehead atoms. The van der Waals surface area contributed by atoms with Crippen molar-refractivity contribution in [1.82, 2.24) is 0 Å². The number of benzene rings is 2. The van der Waals surface area contributed by atoms with Gasteiger partial charge in [-0.15, -0.1) is 0 Å². The van der Waals surface area contributed by atoms with Crippen molar-refractivity contribution in [1.29, 1.82) is 0 Å². The molecule has 0 aliphatic heterocycles. The predicted molar refractivity (Wildman–Crippen MR) is 110 cm³/mol. The van der Waals surface area contributed by atoms with Gasteiger partial charge in [-0.2, -0.15) is 0 Å². The van der Waals surface area contributed by atoms with E-state index < -0.39 is 0 Å². The highest BCUT2D eigenvalue weighted by Crippen LogP contribution is 2.45. The van der Waals surface area contributed by atoms with Gasteiger partial charge in [0.1, 0.15) is 5.75 Å². The first-order valence-electron chi connectivity index (χ1n) is 8.92. The monoisotopic (exact) mass is 464 g/mol. The van der Waals surface area contributed by atoms with Gasteiger partial charge >= 0.3 is 0 Å². The molecule has 0 saturated heterocycles.